The SMILES string of the molecule is Cc1nc(Cl)c2nc(-c3ccccc3Cl)n(CC3CCCO3)c2n1. The van der Waals surface area contributed by atoms with E-state index in [9.17, 15) is 0 Å². The topological polar surface area (TPSA) is 52.8 Å². The highest BCUT2D eigenvalue weighted by atomic mass is 35.5. The van der Waals surface area contributed by atoms with Gasteiger partial charge >= 0.3 is 0 Å². The highest BCUT2D eigenvalue weighted by molar-refractivity contribution is 6.34. The molecule has 1 aliphatic heterocycles. The summed E-state index contributed by atoms with van der Waals surface area (Å²) in [6.07, 6.45) is 2.25. The Balaban J connectivity index is 1.94. The maximum atomic E-state index is 6.39. The lowest BCUT2D eigenvalue weighted by molar-refractivity contribution is 0.0981. The number of hydrogen-bond acceptors (Lipinski definition) is 4. The molecule has 0 aliphatic carbocycles. The predicted molar refractivity (Wildman–Crippen MR) is 94.5 cm³/mol. The first-order valence-electron chi connectivity index (χ1n) is 7.90. The Labute approximate surface area is 149 Å². The Morgan fingerprint density at radius 1 is 1.21 bits per heavy atom. The molecule has 1 saturated heterocycles. The molecule has 3 aromatic rings. The molecule has 0 N–H and O–H groups in total. The fourth-order valence-electron chi connectivity index (χ4n) is 3.08. The molecule has 0 amide bonds. The van der Waals surface area contributed by atoms with Crippen LogP contribution in [0, 0.1) is 6.92 Å². The highest BCUT2D eigenvalue weighted by Gasteiger charge is 2.23. The van der Waals surface area contributed by atoms with Crippen molar-refractivity contribution in [3.05, 3.63) is 40.3 Å². The molecule has 0 spiro atoms. The standard InChI is InChI=1S/C17H16Cl2N4O/c1-10-20-15(19)14-17(21-10)23(9-11-5-4-8-24-11)16(22-14)12-6-2-3-7-13(12)18/h2-3,6-7,11H,4-5,8-9H2,1H3. The van der Waals surface area contributed by atoms with Gasteiger partial charge in [-0.15, -0.1) is 0 Å². The van der Waals surface area contributed by atoms with Crippen LogP contribution in [0.2, 0.25) is 10.2 Å². The monoisotopic (exact) mass is 362 g/mol. The van der Waals surface area contributed by atoms with Crippen molar-refractivity contribution < 1.29 is 4.74 Å². The van der Waals surface area contributed by atoms with E-state index in [2.05, 4.69) is 9.97 Å². The molecule has 1 unspecified atom stereocenters. The first-order valence-corrected chi connectivity index (χ1v) is 8.66. The zero-order valence-corrected chi connectivity index (χ0v) is 14.7. The third-order valence-corrected chi connectivity index (χ3v) is 4.78. The van der Waals surface area contributed by atoms with Gasteiger partial charge in [0.25, 0.3) is 0 Å². The first-order chi connectivity index (χ1) is 11.6. The molecular formula is C17H16Cl2N4O. The molecule has 1 fully saturated rings. The minimum absolute atomic E-state index is 0.151. The Morgan fingerprint density at radius 3 is 2.79 bits per heavy atom. The number of benzene rings is 1. The van der Waals surface area contributed by atoms with E-state index in [-0.39, 0.29) is 6.10 Å². The van der Waals surface area contributed by atoms with Crippen LogP contribution in [0.5, 0.6) is 0 Å². The number of aryl methyl sites for hydroxylation is 1. The van der Waals surface area contributed by atoms with E-state index in [4.69, 9.17) is 32.9 Å². The Bertz CT molecular complexity index is 903. The molecule has 124 valence electrons. The first kappa shape index (κ1) is 15.8. The van der Waals surface area contributed by atoms with Crippen molar-refractivity contribution >= 4 is 34.4 Å². The number of fused-ring (bicyclic) bond motifs is 1. The number of nitrogens with zero attached hydrogens (tertiary/aromatic N) is 4. The van der Waals surface area contributed by atoms with Gasteiger partial charge in [-0.25, -0.2) is 15.0 Å². The number of rotatable bonds is 3. The average molecular weight is 363 g/mol. The van der Waals surface area contributed by atoms with Crippen LogP contribution in [0.4, 0.5) is 0 Å². The minimum atomic E-state index is 0.151. The zero-order valence-electron chi connectivity index (χ0n) is 13.2. The van der Waals surface area contributed by atoms with Crippen LogP contribution < -0.4 is 0 Å². The Morgan fingerprint density at radius 2 is 2.04 bits per heavy atom. The van der Waals surface area contributed by atoms with Crippen molar-refractivity contribution in [2.24, 2.45) is 0 Å². The summed E-state index contributed by atoms with van der Waals surface area (Å²) in [6, 6.07) is 7.64. The van der Waals surface area contributed by atoms with Crippen LogP contribution in [-0.2, 0) is 11.3 Å². The van der Waals surface area contributed by atoms with Gasteiger partial charge in [0.15, 0.2) is 10.8 Å². The Kier molecular flexibility index (Phi) is 4.16. The van der Waals surface area contributed by atoms with Crippen LogP contribution in [-0.4, -0.2) is 32.2 Å². The van der Waals surface area contributed by atoms with Crippen molar-refractivity contribution in [1.29, 1.82) is 0 Å². The van der Waals surface area contributed by atoms with Gasteiger partial charge in [-0.05, 0) is 31.9 Å². The summed E-state index contributed by atoms with van der Waals surface area (Å²) >= 11 is 12.7. The van der Waals surface area contributed by atoms with E-state index in [0.29, 0.717) is 28.1 Å². The minimum Gasteiger partial charge on any atom is -0.376 e. The van der Waals surface area contributed by atoms with Crippen molar-refractivity contribution in [2.75, 3.05) is 6.61 Å². The molecule has 1 atom stereocenters. The molecule has 0 saturated carbocycles. The molecule has 2 aromatic heterocycles. The molecule has 5 nitrogen and oxygen atoms in total. The maximum absolute atomic E-state index is 6.39. The summed E-state index contributed by atoms with van der Waals surface area (Å²) < 4.78 is 7.85. The predicted octanol–water partition coefficient (Wildman–Crippen LogP) is 4.29. The van der Waals surface area contributed by atoms with Gasteiger partial charge in [-0.2, -0.15) is 0 Å². The molecule has 4 rings (SSSR count). The summed E-state index contributed by atoms with van der Waals surface area (Å²) in [5.41, 5.74) is 2.16. The summed E-state index contributed by atoms with van der Waals surface area (Å²) in [5, 5.41) is 0.999. The lowest BCUT2D eigenvalue weighted by Crippen LogP contribution is -2.16. The van der Waals surface area contributed by atoms with Crippen molar-refractivity contribution in [3.63, 3.8) is 0 Å². The summed E-state index contributed by atoms with van der Waals surface area (Å²) in [6.45, 7) is 3.29. The third kappa shape index (κ3) is 2.77. The zero-order chi connectivity index (χ0) is 16.7. The molecule has 7 heteroatoms. The maximum Gasteiger partial charge on any atom is 0.165 e. The summed E-state index contributed by atoms with van der Waals surface area (Å²) in [5.74, 6) is 1.36. The van der Waals surface area contributed by atoms with Crippen LogP contribution in [0.25, 0.3) is 22.6 Å². The van der Waals surface area contributed by atoms with Gasteiger partial charge < -0.3 is 9.30 Å². The van der Waals surface area contributed by atoms with Gasteiger partial charge in [0, 0.05) is 12.2 Å². The van der Waals surface area contributed by atoms with Crippen molar-refractivity contribution in [1.82, 2.24) is 19.5 Å². The number of imidazole rings is 1. The van der Waals surface area contributed by atoms with E-state index in [1.54, 1.807) is 0 Å². The molecule has 1 aromatic carbocycles. The lowest BCUT2D eigenvalue weighted by Gasteiger charge is -2.14. The second-order valence-corrected chi connectivity index (χ2v) is 6.66. The third-order valence-electron chi connectivity index (χ3n) is 4.19. The number of halogens is 2. The quantitative estimate of drug-likeness (QED) is 0.652. The van der Waals surface area contributed by atoms with Crippen LogP contribution in [0.15, 0.2) is 24.3 Å². The lowest BCUT2D eigenvalue weighted by atomic mass is 10.2. The van der Waals surface area contributed by atoms with E-state index in [1.807, 2.05) is 35.8 Å². The normalized spacial score (nSPS) is 17.7. The molecule has 0 radical (unpaired) electrons. The number of hydrogen-bond donors (Lipinski definition) is 0. The highest BCUT2D eigenvalue weighted by Crippen LogP contribution is 2.32. The summed E-state index contributed by atoms with van der Waals surface area (Å²) in [7, 11) is 0. The fraction of sp³-hybridized carbons (Fsp3) is 0.353. The van der Waals surface area contributed by atoms with Gasteiger partial charge in [0.2, 0.25) is 0 Å². The molecule has 0 bridgehead atoms. The van der Waals surface area contributed by atoms with Crippen LogP contribution in [0.1, 0.15) is 18.7 Å². The van der Waals surface area contributed by atoms with Gasteiger partial charge in [0.05, 0.1) is 17.7 Å². The summed E-state index contributed by atoms with van der Waals surface area (Å²) in [4.78, 5) is 13.5. The van der Waals surface area contributed by atoms with Crippen LogP contribution in [0.3, 0.4) is 0 Å². The largest absolute Gasteiger partial charge is 0.376 e. The second kappa shape index (κ2) is 6.31. The van der Waals surface area contributed by atoms with Gasteiger partial charge in [0.1, 0.15) is 17.2 Å². The smallest absolute Gasteiger partial charge is 0.165 e. The molecule has 24 heavy (non-hydrogen) atoms. The van der Waals surface area contributed by atoms with Crippen LogP contribution >= 0.6 is 23.2 Å². The van der Waals surface area contributed by atoms with Gasteiger partial charge in [-0.3, -0.25) is 0 Å². The Hall–Kier alpha value is -1.69. The average Bonchev–Trinajstić information content (AvgIpc) is 3.17. The molecule has 1 aliphatic rings. The fourth-order valence-corrected chi connectivity index (χ4v) is 3.55. The second-order valence-electron chi connectivity index (χ2n) is 5.89. The molecule has 3 heterocycles. The van der Waals surface area contributed by atoms with E-state index in [0.717, 1.165) is 36.5 Å². The van der Waals surface area contributed by atoms with E-state index in [1.165, 1.54) is 0 Å². The van der Waals surface area contributed by atoms with E-state index < -0.39 is 0 Å². The number of aromatic nitrogens is 4. The van der Waals surface area contributed by atoms with Crippen molar-refractivity contribution in [2.45, 2.75) is 32.4 Å². The van der Waals surface area contributed by atoms with Crippen molar-refractivity contribution in [3.8, 4) is 11.4 Å². The van der Waals surface area contributed by atoms with Gasteiger partial charge in [-0.1, -0.05) is 35.3 Å². The number of ether oxygens (including phenoxy) is 1. The van der Waals surface area contributed by atoms with E-state index >= 15 is 0 Å². The molecular weight excluding hydrogens is 347 g/mol.